The van der Waals surface area contributed by atoms with Gasteiger partial charge in [-0.05, 0) is 49.9 Å². The van der Waals surface area contributed by atoms with Crippen molar-refractivity contribution < 1.29 is 17.4 Å². The number of benzene rings is 1. The molecular formula is C30H42N8O4S. The van der Waals surface area contributed by atoms with E-state index in [1.807, 2.05) is 43.5 Å². The van der Waals surface area contributed by atoms with Crippen molar-refractivity contribution in [3.8, 4) is 0 Å². The Hall–Kier alpha value is -3.52. The van der Waals surface area contributed by atoms with E-state index in [1.165, 1.54) is 6.42 Å². The second-order valence-electron chi connectivity index (χ2n) is 11.2. The van der Waals surface area contributed by atoms with Gasteiger partial charge in [0.15, 0.2) is 5.89 Å². The Morgan fingerprint density at radius 1 is 0.977 bits per heavy atom. The maximum Gasteiger partial charge on any atom is 0.333 e. The third kappa shape index (κ3) is 9.48. The molecule has 1 saturated carbocycles. The molecule has 4 heterocycles. The number of anilines is 2. The molecule has 1 saturated heterocycles. The van der Waals surface area contributed by atoms with Gasteiger partial charge in [-0.25, -0.2) is 15.0 Å². The van der Waals surface area contributed by atoms with Crippen LogP contribution in [0.1, 0.15) is 56.6 Å². The molecule has 0 radical (unpaired) electrons. The first-order valence-corrected chi connectivity index (χ1v) is 16.5. The molecule has 0 unspecified atom stereocenters. The molecule has 12 nitrogen and oxygen atoms in total. The molecule has 0 amide bonds. The van der Waals surface area contributed by atoms with Crippen LogP contribution in [0, 0.1) is 6.92 Å². The minimum atomic E-state index is -3.97. The summed E-state index contributed by atoms with van der Waals surface area (Å²) in [5.74, 6) is 3.35. The van der Waals surface area contributed by atoms with E-state index in [0.717, 1.165) is 93.3 Å². The highest BCUT2D eigenvalue weighted by molar-refractivity contribution is 7.83. The Balaban J connectivity index is 0.000000283. The highest BCUT2D eigenvalue weighted by Crippen LogP contribution is 2.24. The van der Waals surface area contributed by atoms with E-state index in [4.69, 9.17) is 14.0 Å². The standard InChI is InChI=1S/C24H29N7O.C6H13NO3S/c1-18-27-16-20(32-18)17-31-22-7-3-2-6-21(22)29-24(31)28-19-9-13-30(14-10-19)15-12-26-23-8-4-5-11-25-23;8-11(9,10)7-6-4-2-1-3-5-6/h2-8,11,16,19H,9-10,12-15,17H2,1H3,(H,25,26)(H,28,29);6-7H,1-5H2,(H,8,9,10). The van der Waals surface area contributed by atoms with Gasteiger partial charge >= 0.3 is 10.3 Å². The van der Waals surface area contributed by atoms with Crippen molar-refractivity contribution in [1.82, 2.24) is 29.1 Å². The smallest absolute Gasteiger partial charge is 0.333 e. The average molecular weight is 611 g/mol. The van der Waals surface area contributed by atoms with Crippen molar-refractivity contribution in [2.45, 2.75) is 70.5 Å². The molecule has 13 heteroatoms. The summed E-state index contributed by atoms with van der Waals surface area (Å²) < 4.78 is 39.2. The van der Waals surface area contributed by atoms with Crippen molar-refractivity contribution in [2.75, 3.05) is 36.8 Å². The van der Waals surface area contributed by atoms with Gasteiger partial charge in [-0.2, -0.15) is 13.1 Å². The lowest BCUT2D eigenvalue weighted by Gasteiger charge is -2.32. The lowest BCUT2D eigenvalue weighted by Crippen LogP contribution is -2.41. The number of oxazole rings is 1. The fraction of sp³-hybridized carbons (Fsp3) is 0.500. The quantitative estimate of drug-likeness (QED) is 0.189. The van der Waals surface area contributed by atoms with Crippen LogP contribution in [0.3, 0.4) is 0 Å². The topological polar surface area (TPSA) is 150 Å². The molecule has 2 fully saturated rings. The van der Waals surface area contributed by atoms with Crippen molar-refractivity contribution >= 4 is 33.1 Å². The van der Waals surface area contributed by atoms with Crippen LogP contribution in [0.5, 0.6) is 0 Å². The Labute approximate surface area is 253 Å². The van der Waals surface area contributed by atoms with Crippen LogP contribution in [0.25, 0.3) is 11.0 Å². The van der Waals surface area contributed by atoms with E-state index in [9.17, 15) is 8.42 Å². The molecule has 1 aliphatic carbocycles. The summed E-state index contributed by atoms with van der Waals surface area (Å²) in [5.41, 5.74) is 2.09. The summed E-state index contributed by atoms with van der Waals surface area (Å²) in [4.78, 5) is 15.9. The molecule has 1 aromatic carbocycles. The number of aryl methyl sites for hydroxylation is 1. The van der Waals surface area contributed by atoms with Crippen LogP contribution < -0.4 is 15.4 Å². The fourth-order valence-electron chi connectivity index (χ4n) is 5.70. The van der Waals surface area contributed by atoms with Crippen molar-refractivity contribution in [1.29, 1.82) is 0 Å². The zero-order chi connectivity index (χ0) is 30.1. The van der Waals surface area contributed by atoms with E-state index in [0.29, 0.717) is 18.5 Å². The molecule has 0 bridgehead atoms. The third-order valence-corrected chi connectivity index (χ3v) is 8.51. The maximum atomic E-state index is 10.3. The number of para-hydroxylation sites is 2. The van der Waals surface area contributed by atoms with E-state index < -0.39 is 10.3 Å². The fourth-order valence-corrected chi connectivity index (χ4v) is 6.36. The number of hydrogen-bond donors (Lipinski definition) is 4. The van der Waals surface area contributed by atoms with Gasteiger partial charge in [-0.3, -0.25) is 4.55 Å². The first-order chi connectivity index (χ1) is 20.8. The largest absolute Gasteiger partial charge is 0.444 e. The van der Waals surface area contributed by atoms with Crippen molar-refractivity contribution in [3.63, 3.8) is 0 Å². The Kier molecular flexibility index (Phi) is 10.6. The van der Waals surface area contributed by atoms with Crippen molar-refractivity contribution in [3.05, 3.63) is 66.5 Å². The van der Waals surface area contributed by atoms with E-state index in [-0.39, 0.29) is 6.04 Å². The monoisotopic (exact) mass is 610 g/mol. The molecule has 2 aliphatic rings. The summed E-state index contributed by atoms with van der Waals surface area (Å²) in [6, 6.07) is 14.5. The number of aromatic nitrogens is 4. The second kappa shape index (κ2) is 14.8. The third-order valence-electron chi connectivity index (χ3n) is 7.88. The van der Waals surface area contributed by atoms with Gasteiger partial charge in [0.1, 0.15) is 11.6 Å². The van der Waals surface area contributed by atoms with E-state index in [2.05, 4.69) is 46.9 Å². The minimum absolute atomic E-state index is 0.0428. The van der Waals surface area contributed by atoms with Gasteiger partial charge in [0, 0.05) is 51.4 Å². The Bertz CT molecular complexity index is 1530. The Morgan fingerprint density at radius 2 is 1.74 bits per heavy atom. The summed E-state index contributed by atoms with van der Waals surface area (Å²) in [5, 5.41) is 7.10. The highest BCUT2D eigenvalue weighted by Gasteiger charge is 2.22. The molecule has 43 heavy (non-hydrogen) atoms. The first kappa shape index (κ1) is 30.9. The van der Waals surface area contributed by atoms with Gasteiger partial charge in [-0.15, -0.1) is 0 Å². The number of nitrogens with zero attached hydrogens (tertiary/aromatic N) is 5. The first-order valence-electron chi connectivity index (χ1n) is 15.1. The predicted molar refractivity (Wildman–Crippen MR) is 167 cm³/mol. The van der Waals surface area contributed by atoms with Crippen LogP contribution in [-0.2, 0) is 16.8 Å². The van der Waals surface area contributed by atoms with Gasteiger partial charge in [-0.1, -0.05) is 37.5 Å². The highest BCUT2D eigenvalue weighted by atomic mass is 32.2. The average Bonchev–Trinajstić information content (AvgIpc) is 3.57. The van der Waals surface area contributed by atoms with Gasteiger partial charge in [0.2, 0.25) is 5.95 Å². The SMILES string of the molecule is Cc1ncc(Cn2c(NC3CCN(CCNc4ccccn4)CC3)nc3ccccc32)o1.O=S(=O)(O)NC1CCCCC1. The number of likely N-dealkylation sites (tertiary alicyclic amines) is 1. The number of nitrogens with one attached hydrogen (secondary N) is 3. The lowest BCUT2D eigenvalue weighted by molar-refractivity contribution is 0.226. The molecule has 0 spiro atoms. The summed E-state index contributed by atoms with van der Waals surface area (Å²) in [7, 11) is -3.97. The predicted octanol–water partition coefficient (Wildman–Crippen LogP) is 4.48. The number of imidazole rings is 1. The van der Waals surface area contributed by atoms with Crippen LogP contribution >= 0.6 is 0 Å². The van der Waals surface area contributed by atoms with Crippen molar-refractivity contribution in [2.24, 2.45) is 0 Å². The summed E-state index contributed by atoms with van der Waals surface area (Å²) >= 11 is 0. The van der Waals surface area contributed by atoms with Crippen LogP contribution in [0.4, 0.5) is 11.8 Å². The summed E-state index contributed by atoms with van der Waals surface area (Å²) in [6.07, 6.45) is 10.8. The van der Waals surface area contributed by atoms with Gasteiger partial charge in [0.05, 0.1) is 23.8 Å². The molecule has 6 rings (SSSR count). The molecule has 0 atom stereocenters. The molecule has 4 aromatic rings. The second-order valence-corrected chi connectivity index (χ2v) is 12.4. The number of hydrogen-bond acceptors (Lipinski definition) is 9. The number of fused-ring (bicyclic) bond motifs is 1. The lowest BCUT2D eigenvalue weighted by atomic mass is 9.96. The van der Waals surface area contributed by atoms with Crippen LogP contribution in [0.2, 0.25) is 0 Å². The molecule has 232 valence electrons. The molecule has 3 aromatic heterocycles. The molecule has 4 N–H and O–H groups in total. The molecule has 1 aliphatic heterocycles. The summed E-state index contributed by atoms with van der Waals surface area (Å²) in [6.45, 7) is 6.55. The number of pyridine rings is 1. The van der Waals surface area contributed by atoms with Crippen LogP contribution in [0.15, 0.2) is 59.3 Å². The zero-order valence-corrected chi connectivity index (χ0v) is 25.5. The zero-order valence-electron chi connectivity index (χ0n) is 24.7. The van der Waals surface area contributed by atoms with Gasteiger partial charge in [0.25, 0.3) is 0 Å². The molecular weight excluding hydrogens is 568 g/mol. The number of piperidine rings is 1. The number of rotatable bonds is 10. The Morgan fingerprint density at radius 3 is 2.44 bits per heavy atom. The normalized spacial score (nSPS) is 17.0. The maximum absolute atomic E-state index is 10.3. The van der Waals surface area contributed by atoms with Crippen LogP contribution in [-0.4, -0.2) is 75.7 Å². The minimum Gasteiger partial charge on any atom is -0.444 e. The van der Waals surface area contributed by atoms with Gasteiger partial charge < -0.3 is 24.5 Å². The van der Waals surface area contributed by atoms with E-state index >= 15 is 0 Å². The van der Waals surface area contributed by atoms with E-state index in [1.54, 1.807) is 6.20 Å².